The fourth-order valence-corrected chi connectivity index (χ4v) is 1.84. The van der Waals surface area contributed by atoms with E-state index in [2.05, 4.69) is 10.3 Å². The standard InChI is InChI=1S/C7H4N4OS/c8-3-10-7(12)5-2-13-6-1-9-4-11(5)6/h1-2,4H,(H,10,12). The highest BCUT2D eigenvalue weighted by molar-refractivity contribution is 7.15. The number of carbonyl (C=O) groups is 1. The van der Waals surface area contributed by atoms with Crippen molar-refractivity contribution in [3.05, 3.63) is 23.6 Å². The molecule has 0 aliphatic heterocycles. The van der Waals surface area contributed by atoms with Crippen LogP contribution in [0.3, 0.4) is 0 Å². The molecule has 0 saturated heterocycles. The van der Waals surface area contributed by atoms with Crippen LogP contribution in [-0.2, 0) is 0 Å². The third kappa shape index (κ3) is 1.15. The Balaban J connectivity index is 2.50. The quantitative estimate of drug-likeness (QED) is 0.531. The largest absolute Gasteiger partial charge is 0.285 e. The molecule has 0 bridgehead atoms. The van der Waals surface area contributed by atoms with Crippen molar-refractivity contribution in [3.8, 4) is 6.19 Å². The third-order valence-electron chi connectivity index (χ3n) is 1.56. The smallest absolute Gasteiger partial charge is 0.282 e. The fraction of sp³-hybridized carbons (Fsp3) is 0. The summed E-state index contributed by atoms with van der Waals surface area (Å²) in [6.45, 7) is 0. The maximum Gasteiger partial charge on any atom is 0.282 e. The molecule has 64 valence electrons. The molecule has 13 heavy (non-hydrogen) atoms. The minimum absolute atomic E-state index is 0.410. The van der Waals surface area contributed by atoms with Crippen LogP contribution in [0.15, 0.2) is 17.9 Å². The van der Waals surface area contributed by atoms with Crippen LogP contribution < -0.4 is 5.32 Å². The molecule has 2 aromatic heterocycles. The predicted octanol–water partition coefficient (Wildman–Crippen LogP) is 0.607. The molecule has 2 aromatic rings. The van der Waals surface area contributed by atoms with E-state index in [1.165, 1.54) is 17.7 Å². The normalized spacial score (nSPS) is 9.77. The molecule has 0 atom stereocenters. The van der Waals surface area contributed by atoms with E-state index in [1.54, 1.807) is 22.2 Å². The number of rotatable bonds is 1. The number of carbonyl (C=O) groups excluding carboxylic acids is 1. The van der Waals surface area contributed by atoms with Gasteiger partial charge in [-0.05, 0) is 0 Å². The van der Waals surface area contributed by atoms with Gasteiger partial charge in [0.2, 0.25) is 0 Å². The summed E-state index contributed by atoms with van der Waals surface area (Å²) < 4.78 is 1.64. The lowest BCUT2D eigenvalue weighted by Gasteiger charge is -1.93. The van der Waals surface area contributed by atoms with Crippen molar-refractivity contribution < 1.29 is 4.79 Å². The number of nitrogens with zero attached hydrogens (tertiary/aromatic N) is 3. The number of hydrogen-bond acceptors (Lipinski definition) is 4. The van der Waals surface area contributed by atoms with E-state index in [1.807, 2.05) is 0 Å². The first kappa shape index (κ1) is 7.76. The van der Waals surface area contributed by atoms with Crippen LogP contribution in [-0.4, -0.2) is 15.3 Å². The SMILES string of the molecule is N#CNC(=O)c1csc2cncn12. The molecular formula is C7H4N4OS. The second-order valence-electron chi connectivity index (χ2n) is 2.29. The molecule has 0 aromatic carbocycles. The number of hydrogen-bond donors (Lipinski definition) is 1. The van der Waals surface area contributed by atoms with Gasteiger partial charge in [-0.15, -0.1) is 11.3 Å². The molecule has 0 aliphatic rings. The molecule has 1 amide bonds. The minimum Gasteiger partial charge on any atom is -0.285 e. The van der Waals surface area contributed by atoms with Gasteiger partial charge in [-0.3, -0.25) is 14.5 Å². The fourth-order valence-electron chi connectivity index (χ4n) is 1.00. The summed E-state index contributed by atoms with van der Waals surface area (Å²) in [5.41, 5.74) is 0.430. The van der Waals surface area contributed by atoms with Gasteiger partial charge in [-0.1, -0.05) is 0 Å². The zero-order valence-electron chi connectivity index (χ0n) is 6.39. The van der Waals surface area contributed by atoms with Crippen LogP contribution in [0.25, 0.3) is 4.83 Å². The van der Waals surface area contributed by atoms with Crippen molar-refractivity contribution in [2.75, 3.05) is 0 Å². The molecule has 1 N–H and O–H groups in total. The van der Waals surface area contributed by atoms with Crippen molar-refractivity contribution in [1.82, 2.24) is 14.7 Å². The lowest BCUT2D eigenvalue weighted by Crippen LogP contribution is -2.18. The number of nitrogens with one attached hydrogen (secondary N) is 1. The van der Waals surface area contributed by atoms with Crippen LogP contribution in [0.1, 0.15) is 10.5 Å². The zero-order chi connectivity index (χ0) is 9.26. The highest BCUT2D eigenvalue weighted by Gasteiger charge is 2.10. The zero-order valence-corrected chi connectivity index (χ0v) is 7.21. The minimum atomic E-state index is -0.410. The average molecular weight is 192 g/mol. The second-order valence-corrected chi connectivity index (χ2v) is 3.18. The van der Waals surface area contributed by atoms with Crippen molar-refractivity contribution >= 4 is 22.1 Å². The van der Waals surface area contributed by atoms with Crippen molar-refractivity contribution in [3.63, 3.8) is 0 Å². The molecule has 0 aliphatic carbocycles. The Labute approximate surface area is 77.2 Å². The summed E-state index contributed by atoms with van der Waals surface area (Å²) in [6.07, 6.45) is 4.78. The van der Waals surface area contributed by atoms with E-state index in [0.29, 0.717) is 5.69 Å². The summed E-state index contributed by atoms with van der Waals surface area (Å²) in [7, 11) is 0. The van der Waals surface area contributed by atoms with Crippen LogP contribution >= 0.6 is 11.3 Å². The first-order chi connectivity index (χ1) is 6.33. The van der Waals surface area contributed by atoms with Crippen molar-refractivity contribution in [2.24, 2.45) is 0 Å². The lowest BCUT2D eigenvalue weighted by atomic mass is 10.4. The molecule has 5 nitrogen and oxygen atoms in total. The number of thiazole rings is 1. The summed E-state index contributed by atoms with van der Waals surface area (Å²) in [6, 6.07) is 0. The van der Waals surface area contributed by atoms with E-state index in [9.17, 15) is 4.79 Å². The van der Waals surface area contributed by atoms with Gasteiger partial charge < -0.3 is 0 Å². The Morgan fingerprint density at radius 3 is 3.38 bits per heavy atom. The maximum atomic E-state index is 11.2. The lowest BCUT2D eigenvalue weighted by molar-refractivity contribution is 0.0967. The van der Waals surface area contributed by atoms with Crippen LogP contribution in [0.5, 0.6) is 0 Å². The monoisotopic (exact) mass is 192 g/mol. The average Bonchev–Trinajstić information content (AvgIpc) is 2.62. The summed E-state index contributed by atoms with van der Waals surface area (Å²) in [5, 5.41) is 12.0. The highest BCUT2D eigenvalue weighted by atomic mass is 32.1. The third-order valence-corrected chi connectivity index (χ3v) is 2.44. The van der Waals surface area contributed by atoms with Crippen molar-refractivity contribution in [1.29, 1.82) is 5.26 Å². The molecule has 0 unspecified atom stereocenters. The van der Waals surface area contributed by atoms with Gasteiger partial charge in [0.05, 0.1) is 6.20 Å². The Kier molecular flexibility index (Phi) is 1.72. The Morgan fingerprint density at radius 1 is 1.77 bits per heavy atom. The first-order valence-electron chi connectivity index (χ1n) is 3.42. The van der Waals surface area contributed by atoms with Crippen LogP contribution in [0, 0.1) is 11.5 Å². The predicted molar refractivity (Wildman–Crippen MR) is 46.1 cm³/mol. The molecule has 0 radical (unpaired) electrons. The molecule has 0 saturated carbocycles. The van der Waals surface area contributed by atoms with Gasteiger partial charge in [0.1, 0.15) is 16.9 Å². The van der Waals surface area contributed by atoms with E-state index in [4.69, 9.17) is 5.26 Å². The molecule has 0 spiro atoms. The number of amides is 1. The van der Waals surface area contributed by atoms with Crippen molar-refractivity contribution in [2.45, 2.75) is 0 Å². The first-order valence-corrected chi connectivity index (χ1v) is 4.30. The molecule has 2 heterocycles. The topological polar surface area (TPSA) is 70.2 Å². The molecule has 0 fully saturated rings. The van der Waals surface area contributed by atoms with Crippen LogP contribution in [0.2, 0.25) is 0 Å². The van der Waals surface area contributed by atoms with E-state index in [-0.39, 0.29) is 0 Å². The second kappa shape index (κ2) is 2.88. The Hall–Kier alpha value is -1.87. The summed E-state index contributed by atoms with van der Waals surface area (Å²) in [5.74, 6) is -0.410. The van der Waals surface area contributed by atoms with Crippen LogP contribution in [0.4, 0.5) is 0 Å². The number of aromatic nitrogens is 2. The Bertz CT molecular complexity index is 492. The highest BCUT2D eigenvalue weighted by Crippen LogP contribution is 2.14. The van der Waals surface area contributed by atoms with Gasteiger partial charge in [-0.25, -0.2) is 4.98 Å². The molecular weight excluding hydrogens is 188 g/mol. The van der Waals surface area contributed by atoms with E-state index in [0.717, 1.165) is 4.83 Å². The number of imidazole rings is 1. The molecule has 2 rings (SSSR count). The van der Waals surface area contributed by atoms with Gasteiger partial charge in [0.25, 0.3) is 5.91 Å². The van der Waals surface area contributed by atoms with E-state index >= 15 is 0 Å². The van der Waals surface area contributed by atoms with Gasteiger partial charge in [0.15, 0.2) is 6.19 Å². The summed E-state index contributed by atoms with van der Waals surface area (Å²) in [4.78, 5) is 16.0. The van der Waals surface area contributed by atoms with E-state index < -0.39 is 5.91 Å². The summed E-state index contributed by atoms with van der Waals surface area (Å²) >= 11 is 1.41. The van der Waals surface area contributed by atoms with Gasteiger partial charge >= 0.3 is 0 Å². The van der Waals surface area contributed by atoms with Gasteiger partial charge in [-0.2, -0.15) is 5.26 Å². The maximum absolute atomic E-state index is 11.2. The van der Waals surface area contributed by atoms with Gasteiger partial charge in [0, 0.05) is 5.38 Å². The molecule has 6 heteroatoms. The number of fused-ring (bicyclic) bond motifs is 1. The number of nitriles is 1. The Morgan fingerprint density at radius 2 is 2.62 bits per heavy atom.